The Hall–Kier alpha value is -1.75. The largest absolute Gasteiger partial charge is 0.396 e. The van der Waals surface area contributed by atoms with Crippen LogP contribution < -0.4 is 0 Å². The standard InChI is InChI=1S/C13H15FN2O2/c14-11-6-2-1-5-10(11)9-12-15-13(18-16-12)7-3-4-8-17/h1-2,5-6,17H,3-4,7-9H2. The predicted octanol–water partition coefficient (Wildman–Crippen LogP) is 2.11. The van der Waals surface area contributed by atoms with Gasteiger partial charge in [-0.25, -0.2) is 4.39 Å². The van der Waals surface area contributed by atoms with E-state index >= 15 is 0 Å². The third-order valence-corrected chi connectivity index (χ3v) is 2.62. The molecule has 1 aromatic carbocycles. The Morgan fingerprint density at radius 1 is 1.22 bits per heavy atom. The van der Waals surface area contributed by atoms with Crippen molar-refractivity contribution in [2.75, 3.05) is 6.61 Å². The van der Waals surface area contributed by atoms with Crippen molar-refractivity contribution in [3.63, 3.8) is 0 Å². The van der Waals surface area contributed by atoms with E-state index in [-0.39, 0.29) is 12.4 Å². The number of rotatable bonds is 6. The molecule has 5 heteroatoms. The fraction of sp³-hybridized carbons (Fsp3) is 0.385. The van der Waals surface area contributed by atoms with E-state index in [1.54, 1.807) is 18.2 Å². The number of hydrogen-bond donors (Lipinski definition) is 1. The van der Waals surface area contributed by atoms with Crippen molar-refractivity contribution in [3.05, 3.63) is 47.4 Å². The average Bonchev–Trinajstić information content (AvgIpc) is 2.80. The normalized spacial score (nSPS) is 10.8. The van der Waals surface area contributed by atoms with Gasteiger partial charge in [0, 0.05) is 19.4 Å². The molecule has 0 radical (unpaired) electrons. The van der Waals surface area contributed by atoms with Gasteiger partial charge in [-0.3, -0.25) is 0 Å². The fourth-order valence-corrected chi connectivity index (χ4v) is 1.66. The zero-order valence-electron chi connectivity index (χ0n) is 9.97. The van der Waals surface area contributed by atoms with Crippen LogP contribution in [0.15, 0.2) is 28.8 Å². The van der Waals surface area contributed by atoms with Crippen LogP contribution in [0.25, 0.3) is 0 Å². The van der Waals surface area contributed by atoms with Crippen molar-refractivity contribution < 1.29 is 14.0 Å². The van der Waals surface area contributed by atoms with Crippen molar-refractivity contribution in [2.24, 2.45) is 0 Å². The summed E-state index contributed by atoms with van der Waals surface area (Å²) < 4.78 is 18.5. The molecular formula is C13H15FN2O2. The quantitative estimate of drug-likeness (QED) is 0.798. The maximum Gasteiger partial charge on any atom is 0.226 e. The van der Waals surface area contributed by atoms with Crippen molar-refractivity contribution in [1.82, 2.24) is 10.1 Å². The SMILES string of the molecule is OCCCCc1nc(Cc2ccccc2F)no1. The molecule has 0 aliphatic rings. The highest BCUT2D eigenvalue weighted by molar-refractivity contribution is 5.20. The molecule has 0 saturated carbocycles. The lowest BCUT2D eigenvalue weighted by Gasteiger charge is -1.97. The predicted molar refractivity (Wildman–Crippen MR) is 63.5 cm³/mol. The van der Waals surface area contributed by atoms with Gasteiger partial charge in [0.15, 0.2) is 5.82 Å². The minimum Gasteiger partial charge on any atom is -0.396 e. The van der Waals surface area contributed by atoms with Crippen LogP contribution in [0.5, 0.6) is 0 Å². The second kappa shape index (κ2) is 6.26. The number of unbranched alkanes of at least 4 members (excludes halogenated alkanes) is 1. The molecule has 0 amide bonds. The molecule has 1 aromatic heterocycles. The molecule has 0 atom stereocenters. The monoisotopic (exact) mass is 250 g/mol. The van der Waals surface area contributed by atoms with Crippen molar-refractivity contribution in [1.29, 1.82) is 0 Å². The maximum atomic E-state index is 13.4. The zero-order chi connectivity index (χ0) is 12.8. The van der Waals surface area contributed by atoms with Crippen LogP contribution in [-0.4, -0.2) is 21.9 Å². The van der Waals surface area contributed by atoms with E-state index in [4.69, 9.17) is 9.63 Å². The van der Waals surface area contributed by atoms with Gasteiger partial charge in [0.2, 0.25) is 5.89 Å². The molecule has 0 bridgehead atoms. The summed E-state index contributed by atoms with van der Waals surface area (Å²) in [6.07, 6.45) is 2.49. The van der Waals surface area contributed by atoms with Gasteiger partial charge in [-0.2, -0.15) is 4.98 Å². The number of halogens is 1. The van der Waals surface area contributed by atoms with Crippen LogP contribution in [0.4, 0.5) is 4.39 Å². The van der Waals surface area contributed by atoms with Crippen molar-refractivity contribution in [3.8, 4) is 0 Å². The number of aryl methyl sites for hydroxylation is 1. The summed E-state index contributed by atoms with van der Waals surface area (Å²) in [7, 11) is 0. The molecule has 1 heterocycles. The highest BCUT2D eigenvalue weighted by Gasteiger charge is 2.09. The first-order valence-corrected chi connectivity index (χ1v) is 5.95. The smallest absolute Gasteiger partial charge is 0.226 e. The molecule has 0 fully saturated rings. The van der Waals surface area contributed by atoms with Gasteiger partial charge in [-0.1, -0.05) is 23.4 Å². The first-order chi connectivity index (χ1) is 8.79. The minimum absolute atomic E-state index is 0.163. The lowest BCUT2D eigenvalue weighted by Crippen LogP contribution is -1.95. The molecule has 0 aliphatic heterocycles. The Morgan fingerprint density at radius 2 is 2.06 bits per heavy atom. The average molecular weight is 250 g/mol. The van der Waals surface area contributed by atoms with E-state index in [1.165, 1.54) is 6.07 Å². The van der Waals surface area contributed by atoms with Gasteiger partial charge in [-0.05, 0) is 24.5 Å². The Morgan fingerprint density at radius 3 is 2.83 bits per heavy atom. The molecule has 0 unspecified atom stereocenters. The minimum atomic E-state index is -0.260. The number of aliphatic hydroxyl groups is 1. The van der Waals surface area contributed by atoms with E-state index in [9.17, 15) is 4.39 Å². The third kappa shape index (κ3) is 3.37. The highest BCUT2D eigenvalue weighted by atomic mass is 19.1. The Bertz CT molecular complexity index is 499. The number of hydrogen-bond acceptors (Lipinski definition) is 4. The lowest BCUT2D eigenvalue weighted by atomic mass is 10.1. The van der Waals surface area contributed by atoms with E-state index in [1.807, 2.05) is 0 Å². The molecule has 96 valence electrons. The van der Waals surface area contributed by atoms with Crippen LogP contribution in [0, 0.1) is 5.82 Å². The molecule has 0 saturated heterocycles. The number of nitrogens with zero attached hydrogens (tertiary/aromatic N) is 2. The highest BCUT2D eigenvalue weighted by Crippen LogP contribution is 2.11. The maximum absolute atomic E-state index is 13.4. The van der Waals surface area contributed by atoms with Crippen LogP contribution in [0.3, 0.4) is 0 Å². The number of aromatic nitrogens is 2. The fourth-order valence-electron chi connectivity index (χ4n) is 1.66. The second-order valence-corrected chi connectivity index (χ2v) is 4.05. The van der Waals surface area contributed by atoms with Crippen LogP contribution >= 0.6 is 0 Å². The van der Waals surface area contributed by atoms with Crippen LogP contribution in [-0.2, 0) is 12.8 Å². The molecule has 4 nitrogen and oxygen atoms in total. The third-order valence-electron chi connectivity index (χ3n) is 2.62. The first-order valence-electron chi connectivity index (χ1n) is 5.95. The van der Waals surface area contributed by atoms with Crippen LogP contribution in [0.2, 0.25) is 0 Å². The van der Waals surface area contributed by atoms with Gasteiger partial charge in [0.05, 0.1) is 0 Å². The molecule has 2 aromatic rings. The zero-order valence-corrected chi connectivity index (χ0v) is 9.97. The van der Waals surface area contributed by atoms with Crippen molar-refractivity contribution in [2.45, 2.75) is 25.7 Å². The molecular weight excluding hydrogens is 235 g/mol. The van der Waals surface area contributed by atoms with Gasteiger partial charge in [0.1, 0.15) is 5.82 Å². The first kappa shape index (κ1) is 12.7. The van der Waals surface area contributed by atoms with E-state index in [0.717, 1.165) is 6.42 Å². The van der Waals surface area contributed by atoms with Gasteiger partial charge >= 0.3 is 0 Å². The summed E-state index contributed by atoms with van der Waals surface area (Å²) in [5.74, 6) is 0.762. The van der Waals surface area contributed by atoms with E-state index < -0.39 is 0 Å². The molecule has 0 spiro atoms. The van der Waals surface area contributed by atoms with Gasteiger partial charge < -0.3 is 9.63 Å². The van der Waals surface area contributed by atoms with Gasteiger partial charge in [-0.15, -0.1) is 0 Å². The summed E-state index contributed by atoms with van der Waals surface area (Å²) in [6, 6.07) is 6.55. The molecule has 1 N–H and O–H groups in total. The van der Waals surface area contributed by atoms with E-state index in [0.29, 0.717) is 36.5 Å². The molecule has 18 heavy (non-hydrogen) atoms. The van der Waals surface area contributed by atoms with E-state index in [2.05, 4.69) is 10.1 Å². The molecule has 2 rings (SSSR count). The number of benzene rings is 1. The lowest BCUT2D eigenvalue weighted by molar-refractivity contribution is 0.280. The van der Waals surface area contributed by atoms with Gasteiger partial charge in [0.25, 0.3) is 0 Å². The second-order valence-electron chi connectivity index (χ2n) is 4.05. The summed E-state index contributed by atoms with van der Waals surface area (Å²) in [5.41, 5.74) is 0.556. The Labute approximate surface area is 104 Å². The Balaban J connectivity index is 1.96. The summed E-state index contributed by atoms with van der Waals surface area (Å²) in [5, 5.41) is 12.5. The van der Waals surface area contributed by atoms with Crippen molar-refractivity contribution >= 4 is 0 Å². The Kier molecular flexibility index (Phi) is 4.41. The summed E-state index contributed by atoms with van der Waals surface area (Å²) in [4.78, 5) is 4.19. The summed E-state index contributed by atoms with van der Waals surface area (Å²) >= 11 is 0. The topological polar surface area (TPSA) is 59.2 Å². The number of aliphatic hydroxyl groups excluding tert-OH is 1. The molecule has 0 aliphatic carbocycles. The summed E-state index contributed by atoms with van der Waals surface area (Å²) in [6.45, 7) is 0.163. The van der Waals surface area contributed by atoms with Crippen LogP contribution in [0.1, 0.15) is 30.1 Å².